The molecule has 0 rings (SSSR count). The molecule has 0 spiro atoms. The minimum Gasteiger partial charge on any atom is -0.103 e. The van der Waals surface area contributed by atoms with Gasteiger partial charge in [0, 0.05) is 0 Å². The van der Waals surface area contributed by atoms with Gasteiger partial charge in [-0.2, -0.15) is 0 Å². The summed E-state index contributed by atoms with van der Waals surface area (Å²) >= 11 is 0. The predicted octanol–water partition coefficient (Wildman–Crippen LogP) is 8.07. The highest BCUT2D eigenvalue weighted by atomic mass is 28.3. The van der Waals surface area contributed by atoms with E-state index >= 15 is 0 Å². The van der Waals surface area contributed by atoms with Crippen LogP contribution in [0.4, 0.5) is 0 Å². The Morgan fingerprint density at radius 1 is 0.909 bits per heavy atom. The van der Waals surface area contributed by atoms with Crippen molar-refractivity contribution in [2.45, 2.75) is 110 Å². The van der Waals surface area contributed by atoms with Crippen LogP contribution in [0.25, 0.3) is 0 Å². The van der Waals surface area contributed by atoms with Gasteiger partial charge in [-0.25, -0.2) is 0 Å². The average Bonchev–Trinajstić information content (AvgIpc) is 2.40. The minimum absolute atomic E-state index is 0.443. The van der Waals surface area contributed by atoms with Crippen LogP contribution in [0.15, 0.2) is 23.9 Å². The van der Waals surface area contributed by atoms with Gasteiger partial charge in [0.05, 0.1) is 8.07 Å². The van der Waals surface area contributed by atoms with Crippen LogP contribution in [0, 0.1) is 0 Å². The molecule has 0 saturated carbocycles. The van der Waals surface area contributed by atoms with Gasteiger partial charge in [-0.15, -0.1) is 6.58 Å². The molecule has 0 atom stereocenters. The first-order chi connectivity index (χ1) is 10.2. The summed E-state index contributed by atoms with van der Waals surface area (Å²) in [6.07, 6.45) is 15.7. The van der Waals surface area contributed by atoms with E-state index < -0.39 is 8.07 Å². The Bertz CT molecular complexity index is 317. The minimum atomic E-state index is -1.31. The fraction of sp³-hybridized carbons (Fsp3) is 0.810. The first-order valence-electron chi connectivity index (χ1n) is 9.56. The lowest BCUT2D eigenvalue weighted by atomic mass is 10.0. The van der Waals surface area contributed by atoms with Crippen molar-refractivity contribution in [2.24, 2.45) is 0 Å². The van der Waals surface area contributed by atoms with Crippen molar-refractivity contribution in [3.8, 4) is 0 Å². The Labute approximate surface area is 142 Å². The van der Waals surface area contributed by atoms with E-state index in [1.807, 2.05) is 0 Å². The lowest BCUT2D eigenvalue weighted by Gasteiger charge is -2.35. The Kier molecular flexibility index (Phi) is 11.1. The maximum Gasteiger partial charge on any atom is 0.0769 e. The Morgan fingerprint density at radius 3 is 1.86 bits per heavy atom. The molecule has 0 fully saturated rings. The molecule has 1 heteroatoms. The van der Waals surface area contributed by atoms with Gasteiger partial charge in [-0.3, -0.25) is 0 Å². The number of hydrogen-bond acceptors (Lipinski definition) is 0. The number of hydrogen-bond donors (Lipinski definition) is 0. The molecule has 0 nitrogen and oxygen atoms in total. The highest BCUT2D eigenvalue weighted by molar-refractivity contribution is 6.84. The van der Waals surface area contributed by atoms with Crippen molar-refractivity contribution in [1.82, 2.24) is 0 Å². The topological polar surface area (TPSA) is 0 Å². The molecule has 0 aromatic carbocycles. The van der Waals surface area contributed by atoms with Crippen LogP contribution in [0.1, 0.15) is 91.9 Å². The van der Waals surface area contributed by atoms with Crippen LogP contribution in [0.2, 0.25) is 18.1 Å². The van der Waals surface area contributed by atoms with Crippen LogP contribution in [-0.2, 0) is 0 Å². The summed E-state index contributed by atoms with van der Waals surface area (Å²) in [5, 5.41) is 0.443. The summed E-state index contributed by atoms with van der Waals surface area (Å²) in [4.78, 5) is 0. The highest BCUT2D eigenvalue weighted by Gasteiger charge is 2.32. The fourth-order valence-electron chi connectivity index (χ4n) is 2.63. The third-order valence-corrected chi connectivity index (χ3v) is 10.3. The zero-order valence-electron chi connectivity index (χ0n) is 16.4. The van der Waals surface area contributed by atoms with Gasteiger partial charge in [0.15, 0.2) is 0 Å². The fourth-order valence-corrected chi connectivity index (χ4v) is 4.35. The van der Waals surface area contributed by atoms with E-state index in [0.29, 0.717) is 5.04 Å². The molecule has 0 aliphatic rings. The van der Waals surface area contributed by atoms with Crippen molar-refractivity contribution < 1.29 is 0 Å². The molecule has 0 aliphatic carbocycles. The first kappa shape index (κ1) is 21.7. The molecule has 0 radical (unpaired) electrons. The van der Waals surface area contributed by atoms with E-state index in [9.17, 15) is 0 Å². The molecule has 0 amide bonds. The van der Waals surface area contributed by atoms with Crippen LogP contribution >= 0.6 is 0 Å². The second-order valence-electron chi connectivity index (χ2n) is 8.49. The average molecular weight is 323 g/mol. The molecular weight excluding hydrogens is 280 g/mol. The Hall–Kier alpha value is -0.303. The van der Waals surface area contributed by atoms with Crippen molar-refractivity contribution in [1.29, 1.82) is 0 Å². The second kappa shape index (κ2) is 11.3. The van der Waals surface area contributed by atoms with E-state index in [0.717, 1.165) is 6.42 Å². The van der Waals surface area contributed by atoms with Crippen molar-refractivity contribution in [2.75, 3.05) is 0 Å². The zero-order valence-corrected chi connectivity index (χ0v) is 17.4. The lowest BCUT2D eigenvalue weighted by molar-refractivity contribution is 0.574. The first-order valence-corrected chi connectivity index (χ1v) is 12.6. The summed E-state index contributed by atoms with van der Waals surface area (Å²) in [6.45, 7) is 18.4. The zero-order chi connectivity index (χ0) is 17.1. The van der Waals surface area contributed by atoms with E-state index in [1.165, 1.54) is 57.8 Å². The molecule has 0 bridgehead atoms. The lowest BCUT2D eigenvalue weighted by Crippen LogP contribution is -2.35. The summed E-state index contributed by atoms with van der Waals surface area (Å²) in [7, 11) is -1.31. The second-order valence-corrected chi connectivity index (χ2v) is 13.7. The molecule has 0 unspecified atom stereocenters. The molecule has 0 heterocycles. The third-order valence-electron chi connectivity index (χ3n) is 5.26. The molecule has 0 aromatic heterocycles. The van der Waals surface area contributed by atoms with Gasteiger partial charge in [-0.1, -0.05) is 103 Å². The largest absolute Gasteiger partial charge is 0.103 e. The van der Waals surface area contributed by atoms with Crippen molar-refractivity contribution in [3.63, 3.8) is 0 Å². The molecule has 0 aliphatic heterocycles. The molecule has 130 valence electrons. The Morgan fingerprint density at radius 2 is 1.41 bits per heavy atom. The number of rotatable bonds is 12. The van der Waals surface area contributed by atoms with Gasteiger partial charge < -0.3 is 0 Å². The van der Waals surface area contributed by atoms with Crippen molar-refractivity contribution in [3.05, 3.63) is 23.9 Å². The van der Waals surface area contributed by atoms with E-state index in [1.54, 1.807) is 5.57 Å². The van der Waals surface area contributed by atoms with Crippen molar-refractivity contribution >= 4 is 8.07 Å². The summed E-state index contributed by atoms with van der Waals surface area (Å²) in [5.41, 5.74) is 4.31. The number of allylic oxidation sites excluding steroid dienone is 2. The van der Waals surface area contributed by atoms with Gasteiger partial charge in [0.1, 0.15) is 0 Å². The normalized spacial score (nSPS) is 13.5. The van der Waals surface area contributed by atoms with Gasteiger partial charge in [0.25, 0.3) is 0 Å². The molecule has 0 N–H and O–H groups in total. The van der Waals surface area contributed by atoms with Gasteiger partial charge in [0.2, 0.25) is 0 Å². The highest BCUT2D eigenvalue weighted by Crippen LogP contribution is 2.38. The maximum absolute atomic E-state index is 3.95. The third kappa shape index (κ3) is 9.66. The maximum atomic E-state index is 3.95. The van der Waals surface area contributed by atoms with Crippen LogP contribution in [-0.4, -0.2) is 8.07 Å². The van der Waals surface area contributed by atoms with E-state index in [4.69, 9.17) is 0 Å². The number of unbranched alkanes of at least 4 members (excludes halogenated alkanes) is 7. The standard InChI is InChI=1S/C21H42Si/c1-8-10-11-12-13-14-15-16-18-20(17-9-2)19-22(6,7)21(3,4)5/h9,19H,2,8,10-18H2,1,3-7H3/b20-19-. The van der Waals surface area contributed by atoms with Gasteiger partial charge in [-0.05, 0) is 24.3 Å². The summed E-state index contributed by atoms with van der Waals surface area (Å²) < 4.78 is 0. The van der Waals surface area contributed by atoms with Gasteiger partial charge >= 0.3 is 0 Å². The summed E-state index contributed by atoms with van der Waals surface area (Å²) in [6, 6.07) is 0. The predicted molar refractivity (Wildman–Crippen MR) is 107 cm³/mol. The van der Waals surface area contributed by atoms with E-state index in [2.05, 4.69) is 59.1 Å². The molecule has 0 saturated heterocycles. The van der Waals surface area contributed by atoms with Crippen LogP contribution in [0.3, 0.4) is 0 Å². The van der Waals surface area contributed by atoms with Crippen LogP contribution in [0.5, 0.6) is 0 Å². The molecular formula is C21H42Si. The monoisotopic (exact) mass is 322 g/mol. The molecule has 0 aromatic rings. The van der Waals surface area contributed by atoms with Crippen LogP contribution < -0.4 is 0 Å². The SMILES string of the molecule is C=CC/C(=C/[Si](C)(C)C(C)(C)C)CCCCCCCCCC. The quantitative estimate of drug-likeness (QED) is 0.193. The van der Waals surface area contributed by atoms with E-state index in [-0.39, 0.29) is 0 Å². The Balaban J connectivity index is 4.18. The summed E-state index contributed by atoms with van der Waals surface area (Å²) in [5.74, 6) is 0. The smallest absolute Gasteiger partial charge is 0.0769 e. The molecule has 22 heavy (non-hydrogen) atoms.